The van der Waals surface area contributed by atoms with Gasteiger partial charge in [-0.15, -0.1) is 0 Å². The summed E-state index contributed by atoms with van der Waals surface area (Å²) in [4.78, 5) is 26.5. The van der Waals surface area contributed by atoms with Crippen LogP contribution in [0.4, 0.5) is 5.69 Å². The number of carboxylic acid groups (broad SMARTS) is 1. The molecule has 1 fully saturated rings. The van der Waals surface area contributed by atoms with E-state index in [4.69, 9.17) is 5.11 Å². The maximum atomic E-state index is 11.6. The maximum Gasteiger partial charge on any atom is 0.335 e. The molecule has 0 spiro atoms. The highest BCUT2D eigenvalue weighted by Crippen LogP contribution is 2.23. The number of aromatic carboxylic acids is 1. The van der Waals surface area contributed by atoms with E-state index in [1.165, 1.54) is 0 Å². The molecule has 3 rings (SSSR count). The van der Waals surface area contributed by atoms with Crippen molar-refractivity contribution in [2.75, 3.05) is 38.1 Å². The fourth-order valence-electron chi connectivity index (χ4n) is 3.15. The molecule has 1 unspecified atom stereocenters. The van der Waals surface area contributed by atoms with Gasteiger partial charge in [-0.1, -0.05) is 24.3 Å². The quantitative estimate of drug-likeness (QED) is 0.776. The van der Waals surface area contributed by atoms with Crippen molar-refractivity contribution in [2.45, 2.75) is 6.04 Å². The number of nitrogens with one attached hydrogen (secondary N) is 1. The minimum atomic E-state index is -0.935. The van der Waals surface area contributed by atoms with Crippen LogP contribution in [0.2, 0.25) is 0 Å². The van der Waals surface area contributed by atoms with Gasteiger partial charge in [0.05, 0.1) is 5.56 Å². The fourth-order valence-corrected chi connectivity index (χ4v) is 3.15. The number of hydrogen-bond acceptors (Lipinski definition) is 4. The van der Waals surface area contributed by atoms with E-state index in [1.54, 1.807) is 29.2 Å². The van der Waals surface area contributed by atoms with Crippen molar-refractivity contribution in [3.63, 3.8) is 0 Å². The minimum Gasteiger partial charge on any atom is -0.478 e. The Kier molecular flexibility index (Phi) is 5.65. The Morgan fingerprint density at radius 2 is 1.81 bits per heavy atom. The van der Waals surface area contributed by atoms with E-state index >= 15 is 0 Å². The largest absolute Gasteiger partial charge is 0.478 e. The molecular weight excluding hydrogens is 330 g/mol. The molecule has 2 aromatic carbocycles. The molecule has 0 bridgehead atoms. The van der Waals surface area contributed by atoms with Gasteiger partial charge in [0, 0.05) is 37.9 Å². The third-order valence-electron chi connectivity index (χ3n) is 4.84. The van der Waals surface area contributed by atoms with Crippen LogP contribution in [0.3, 0.4) is 0 Å². The molecule has 6 heteroatoms. The molecule has 1 aliphatic rings. The third kappa shape index (κ3) is 4.09. The van der Waals surface area contributed by atoms with E-state index in [2.05, 4.69) is 17.3 Å². The first-order valence-electron chi connectivity index (χ1n) is 8.65. The summed E-state index contributed by atoms with van der Waals surface area (Å²) in [5.41, 5.74) is 3.04. The Morgan fingerprint density at radius 3 is 2.35 bits per heavy atom. The monoisotopic (exact) mass is 353 g/mol. The summed E-state index contributed by atoms with van der Waals surface area (Å²) in [6.07, 6.45) is 0.874. The zero-order chi connectivity index (χ0) is 18.5. The predicted molar refractivity (Wildman–Crippen MR) is 102 cm³/mol. The van der Waals surface area contributed by atoms with Crippen molar-refractivity contribution in [1.82, 2.24) is 10.2 Å². The first-order valence-corrected chi connectivity index (χ1v) is 8.65. The number of piperazine rings is 1. The Hall–Kier alpha value is -2.70. The minimum absolute atomic E-state index is 0.266. The number of carbonyl (C=O) groups excluding carboxylic acids is 1. The van der Waals surface area contributed by atoms with Crippen LogP contribution in [0.15, 0.2) is 48.5 Å². The zero-order valence-electron chi connectivity index (χ0n) is 14.8. The maximum absolute atomic E-state index is 11.6. The topological polar surface area (TPSA) is 72.9 Å². The molecular formula is C20H23N3O3. The lowest BCUT2D eigenvalue weighted by Crippen LogP contribution is -2.54. The highest BCUT2D eigenvalue weighted by molar-refractivity contribution is 5.88. The number of anilines is 1. The van der Waals surface area contributed by atoms with Crippen molar-refractivity contribution in [3.8, 4) is 11.1 Å². The van der Waals surface area contributed by atoms with Gasteiger partial charge in [-0.3, -0.25) is 9.69 Å². The lowest BCUT2D eigenvalue weighted by atomic mass is 10.0. The van der Waals surface area contributed by atoms with Gasteiger partial charge >= 0.3 is 5.97 Å². The smallest absolute Gasteiger partial charge is 0.335 e. The average molecular weight is 353 g/mol. The number of benzene rings is 2. The number of carbonyl (C=O) groups is 2. The molecule has 0 saturated carbocycles. The number of nitrogens with zero attached hydrogens (tertiary/aromatic N) is 2. The molecule has 136 valence electrons. The number of rotatable bonds is 6. The first kappa shape index (κ1) is 18.1. The summed E-state index contributed by atoms with van der Waals surface area (Å²) >= 11 is 0. The predicted octanol–water partition coefficient (Wildman–Crippen LogP) is 1.92. The number of carboxylic acids is 1. The molecule has 26 heavy (non-hydrogen) atoms. The second-order valence-electron chi connectivity index (χ2n) is 6.53. The van der Waals surface area contributed by atoms with E-state index in [0.717, 1.165) is 42.9 Å². The molecule has 0 radical (unpaired) electrons. The summed E-state index contributed by atoms with van der Waals surface area (Å²) in [5.74, 6) is -0.935. The zero-order valence-corrected chi connectivity index (χ0v) is 14.8. The number of hydrogen-bond donors (Lipinski definition) is 2. The molecule has 1 saturated heterocycles. The number of likely N-dealkylation sites (N-methyl/N-ethyl adjacent to an activating group) is 1. The van der Waals surface area contributed by atoms with Gasteiger partial charge in [-0.05, 0) is 42.4 Å². The average Bonchev–Trinajstić information content (AvgIpc) is 2.68. The van der Waals surface area contributed by atoms with Crippen LogP contribution in [0, 0.1) is 0 Å². The second kappa shape index (κ2) is 8.12. The van der Waals surface area contributed by atoms with E-state index in [0.29, 0.717) is 6.54 Å². The normalized spacial score (nSPS) is 17.7. The summed E-state index contributed by atoms with van der Waals surface area (Å²) < 4.78 is 0. The van der Waals surface area contributed by atoms with Crippen LogP contribution in [-0.4, -0.2) is 61.7 Å². The molecule has 6 nitrogen and oxygen atoms in total. The first-order chi connectivity index (χ1) is 12.6. The highest BCUT2D eigenvalue weighted by atomic mass is 16.4. The molecule has 0 aliphatic carbocycles. The van der Waals surface area contributed by atoms with Crippen molar-refractivity contribution in [3.05, 3.63) is 54.1 Å². The summed E-state index contributed by atoms with van der Waals surface area (Å²) in [6, 6.07) is 14.8. The standard InChI is InChI=1S/C20H23N3O3/c1-22-11-10-21-12-19(22)13-23(14-24)18-8-6-16(7-9-18)15-2-4-17(5-3-15)20(25)26/h2-9,14,19,21H,10-13H2,1H3,(H,25,26). The Labute approximate surface area is 153 Å². The van der Waals surface area contributed by atoms with Gasteiger partial charge in [0.15, 0.2) is 0 Å². The van der Waals surface area contributed by atoms with Crippen molar-refractivity contribution in [1.29, 1.82) is 0 Å². The fraction of sp³-hybridized carbons (Fsp3) is 0.300. The molecule has 0 aromatic heterocycles. The Morgan fingerprint density at radius 1 is 1.19 bits per heavy atom. The van der Waals surface area contributed by atoms with Gasteiger partial charge in [0.25, 0.3) is 0 Å². The van der Waals surface area contributed by atoms with E-state index in [1.807, 2.05) is 24.3 Å². The lowest BCUT2D eigenvalue weighted by Gasteiger charge is -2.35. The van der Waals surface area contributed by atoms with Crippen LogP contribution in [0.25, 0.3) is 11.1 Å². The second-order valence-corrected chi connectivity index (χ2v) is 6.53. The van der Waals surface area contributed by atoms with Gasteiger partial charge in [0.1, 0.15) is 0 Å². The van der Waals surface area contributed by atoms with Crippen LogP contribution < -0.4 is 10.2 Å². The van der Waals surface area contributed by atoms with E-state index in [-0.39, 0.29) is 11.6 Å². The van der Waals surface area contributed by atoms with Crippen LogP contribution in [0.5, 0.6) is 0 Å². The number of amides is 1. The van der Waals surface area contributed by atoms with Crippen LogP contribution in [-0.2, 0) is 4.79 Å². The summed E-state index contributed by atoms with van der Waals surface area (Å²) in [5, 5.41) is 12.3. The van der Waals surface area contributed by atoms with Crippen molar-refractivity contribution >= 4 is 18.1 Å². The summed E-state index contributed by atoms with van der Waals surface area (Å²) in [7, 11) is 2.08. The Bertz CT molecular complexity index is 759. The third-order valence-corrected chi connectivity index (χ3v) is 4.84. The van der Waals surface area contributed by atoms with Crippen LogP contribution in [0.1, 0.15) is 10.4 Å². The van der Waals surface area contributed by atoms with Gasteiger partial charge < -0.3 is 15.3 Å². The lowest BCUT2D eigenvalue weighted by molar-refractivity contribution is -0.107. The van der Waals surface area contributed by atoms with Crippen molar-refractivity contribution in [2.24, 2.45) is 0 Å². The van der Waals surface area contributed by atoms with Gasteiger partial charge in [-0.2, -0.15) is 0 Å². The highest BCUT2D eigenvalue weighted by Gasteiger charge is 2.21. The van der Waals surface area contributed by atoms with Gasteiger partial charge in [-0.25, -0.2) is 4.79 Å². The summed E-state index contributed by atoms with van der Waals surface area (Å²) in [6.45, 7) is 3.46. The molecule has 1 heterocycles. The van der Waals surface area contributed by atoms with Gasteiger partial charge in [0.2, 0.25) is 6.41 Å². The van der Waals surface area contributed by atoms with E-state index < -0.39 is 5.97 Å². The molecule has 2 aromatic rings. The van der Waals surface area contributed by atoms with Crippen LogP contribution >= 0.6 is 0 Å². The molecule has 1 amide bonds. The molecule has 1 aliphatic heterocycles. The van der Waals surface area contributed by atoms with E-state index in [9.17, 15) is 9.59 Å². The molecule has 1 atom stereocenters. The van der Waals surface area contributed by atoms with Crippen molar-refractivity contribution < 1.29 is 14.7 Å². The Balaban J connectivity index is 1.72. The SMILES string of the molecule is CN1CCNCC1CN(C=O)c1ccc(-c2ccc(C(=O)O)cc2)cc1. The molecule has 2 N–H and O–H groups in total.